The van der Waals surface area contributed by atoms with Crippen molar-refractivity contribution in [2.45, 2.75) is 42.4 Å². The van der Waals surface area contributed by atoms with Crippen LogP contribution in [0.15, 0.2) is 101 Å². The molecule has 2 aliphatic heterocycles. The second kappa shape index (κ2) is 11.6. The third-order valence-corrected chi connectivity index (χ3v) is 12.8. The van der Waals surface area contributed by atoms with Crippen LogP contribution in [-0.2, 0) is 19.2 Å². The highest BCUT2D eigenvalue weighted by Gasteiger charge is 2.76. The first-order chi connectivity index (χ1) is 25.3. The molecule has 9 rings (SSSR count). The van der Waals surface area contributed by atoms with Crippen LogP contribution in [0.3, 0.4) is 0 Å². The summed E-state index contributed by atoms with van der Waals surface area (Å²) in [6.07, 6.45) is 1.85. The van der Waals surface area contributed by atoms with Gasteiger partial charge in [-0.05, 0) is 110 Å². The van der Waals surface area contributed by atoms with Gasteiger partial charge in [0, 0.05) is 11.5 Å². The number of allylic oxidation sites excluding steroid dienone is 2. The Labute approximate surface area is 312 Å². The van der Waals surface area contributed by atoms with Crippen LogP contribution < -0.4 is 9.80 Å². The Morgan fingerprint density at radius 2 is 1.47 bits per heavy atom. The monoisotopic (exact) mass is 749 g/mol. The first-order valence-electron chi connectivity index (χ1n) is 17.2. The van der Waals surface area contributed by atoms with Crippen LogP contribution in [0.5, 0.6) is 5.75 Å². The molecule has 5 aromatic rings. The first kappa shape index (κ1) is 33.5. The number of phenolic OH excluding ortho intramolecular Hbond substituents is 1. The Morgan fingerprint density at radius 1 is 0.830 bits per heavy atom. The Balaban J connectivity index is 1.13. The fourth-order valence-corrected chi connectivity index (χ4v) is 9.87. The van der Waals surface area contributed by atoms with Crippen molar-refractivity contribution in [3.8, 4) is 17.2 Å². The Kier molecular flexibility index (Phi) is 7.33. The number of amides is 4. The smallest absolute Gasteiger partial charge is 0.258 e. The number of rotatable bonds is 4. The number of hydrogen-bond donors (Lipinski definition) is 1. The Bertz CT molecular complexity index is 2410. The number of para-hydroxylation sites is 2. The van der Waals surface area contributed by atoms with Crippen LogP contribution in [-0.4, -0.2) is 43.5 Å². The molecule has 1 N–H and O–H groups in total. The molecule has 0 bridgehead atoms. The van der Waals surface area contributed by atoms with Crippen molar-refractivity contribution in [2.75, 3.05) is 9.80 Å². The van der Waals surface area contributed by atoms with Crippen molar-refractivity contribution < 1.29 is 33.1 Å². The predicted molar refractivity (Wildman–Crippen MR) is 196 cm³/mol. The number of aromatic nitrogens is 1. The lowest BCUT2D eigenvalue weighted by Gasteiger charge is -2.50. The van der Waals surface area contributed by atoms with E-state index in [1.807, 2.05) is 30.3 Å². The number of anilines is 2. The number of imide groups is 2. The van der Waals surface area contributed by atoms with Crippen LogP contribution in [0.4, 0.5) is 15.8 Å². The van der Waals surface area contributed by atoms with E-state index in [0.29, 0.717) is 50.5 Å². The van der Waals surface area contributed by atoms with E-state index in [-0.39, 0.29) is 30.2 Å². The largest absolute Gasteiger partial charge is 0.507 e. The summed E-state index contributed by atoms with van der Waals surface area (Å²) >= 11 is 15.0. The molecule has 53 heavy (non-hydrogen) atoms. The van der Waals surface area contributed by atoms with Crippen molar-refractivity contribution in [1.29, 1.82) is 0 Å². The standard InChI is InChI=1S/C41H30Cl2FN3O6/c1-20-17-23(18-21(2)34(20)48)33-27-15-16-28-32(29(27)19-40(42)38(51)47(39(52)41(33,40)43)26-13-9-24(44)10-14-26)37(50)46(36(28)49)25-11-7-22(8-12-25)35-45-30-5-3-4-6-31(30)53-35/h3-15,17-18,28-29,32-33,48H,16,19H2,1-2H3/t28-,29+,32-,33-,40+,41-/m0/s1. The van der Waals surface area contributed by atoms with E-state index in [1.165, 1.54) is 17.0 Å². The van der Waals surface area contributed by atoms with Crippen molar-refractivity contribution in [1.82, 2.24) is 4.98 Å². The minimum absolute atomic E-state index is 0.0654. The third kappa shape index (κ3) is 4.58. The van der Waals surface area contributed by atoms with Gasteiger partial charge in [0.05, 0.1) is 23.2 Å². The highest BCUT2D eigenvalue weighted by Crippen LogP contribution is 2.66. The highest BCUT2D eigenvalue weighted by molar-refractivity contribution is 6.58. The van der Waals surface area contributed by atoms with E-state index < -0.39 is 57.0 Å². The molecule has 1 aromatic heterocycles. The average molecular weight is 751 g/mol. The molecule has 4 aliphatic rings. The molecule has 0 spiro atoms. The second-order valence-corrected chi connectivity index (χ2v) is 15.5. The van der Waals surface area contributed by atoms with Gasteiger partial charge in [-0.2, -0.15) is 0 Å². The highest BCUT2D eigenvalue weighted by atomic mass is 35.5. The number of carbonyl (C=O) groups is 4. The Hall–Kier alpha value is -5.32. The first-order valence-corrected chi connectivity index (χ1v) is 18.0. The fourth-order valence-electron chi connectivity index (χ4n) is 8.93. The number of alkyl halides is 2. The molecule has 266 valence electrons. The topological polar surface area (TPSA) is 121 Å². The lowest BCUT2D eigenvalue weighted by molar-refractivity contribution is -0.125. The maximum absolute atomic E-state index is 14.6. The summed E-state index contributed by atoms with van der Waals surface area (Å²) in [6.45, 7) is 3.43. The van der Waals surface area contributed by atoms with E-state index in [2.05, 4.69) is 4.98 Å². The second-order valence-electron chi connectivity index (χ2n) is 14.3. The molecule has 6 atom stereocenters. The fraction of sp³-hybridized carbons (Fsp3) is 0.244. The number of nitrogens with zero attached hydrogens (tertiary/aromatic N) is 3. The number of hydrogen-bond acceptors (Lipinski definition) is 7. The molecule has 4 amide bonds. The zero-order chi connectivity index (χ0) is 37.1. The molecule has 12 heteroatoms. The van der Waals surface area contributed by atoms with Crippen LogP contribution in [0, 0.1) is 37.4 Å². The predicted octanol–water partition coefficient (Wildman–Crippen LogP) is 7.72. The van der Waals surface area contributed by atoms with Crippen LogP contribution >= 0.6 is 23.2 Å². The van der Waals surface area contributed by atoms with E-state index in [0.717, 1.165) is 17.0 Å². The lowest BCUT2D eigenvalue weighted by Crippen LogP contribution is -2.60. The maximum atomic E-state index is 14.6. The van der Waals surface area contributed by atoms with Crippen LogP contribution in [0.1, 0.15) is 35.4 Å². The van der Waals surface area contributed by atoms with Crippen molar-refractivity contribution in [2.24, 2.45) is 17.8 Å². The number of aromatic hydroxyl groups is 1. The lowest BCUT2D eigenvalue weighted by atomic mass is 9.56. The van der Waals surface area contributed by atoms with Gasteiger partial charge in [0.15, 0.2) is 15.3 Å². The molecule has 1 saturated carbocycles. The van der Waals surface area contributed by atoms with Crippen molar-refractivity contribution in [3.63, 3.8) is 0 Å². The van der Waals surface area contributed by atoms with Gasteiger partial charge in [-0.3, -0.25) is 24.1 Å². The van der Waals surface area contributed by atoms with Gasteiger partial charge >= 0.3 is 0 Å². The summed E-state index contributed by atoms with van der Waals surface area (Å²) in [5, 5.41) is 10.7. The number of fused-ring (bicyclic) bond motifs is 5. The van der Waals surface area contributed by atoms with Crippen LogP contribution in [0.25, 0.3) is 22.6 Å². The molecule has 2 aliphatic carbocycles. The molecule has 3 heterocycles. The number of oxazole rings is 1. The Morgan fingerprint density at radius 3 is 2.15 bits per heavy atom. The third-order valence-electron chi connectivity index (χ3n) is 11.4. The summed E-state index contributed by atoms with van der Waals surface area (Å²) < 4.78 is 19.9. The minimum Gasteiger partial charge on any atom is -0.507 e. The minimum atomic E-state index is -2.07. The number of benzene rings is 4. The normalized spacial score (nSPS) is 28.0. The molecule has 2 saturated heterocycles. The number of carbonyl (C=O) groups excluding carboxylic acids is 4. The molecule has 3 fully saturated rings. The zero-order valence-electron chi connectivity index (χ0n) is 28.3. The zero-order valence-corrected chi connectivity index (χ0v) is 29.9. The molecular formula is C41H30Cl2FN3O6. The van der Waals surface area contributed by atoms with E-state index in [4.69, 9.17) is 27.6 Å². The summed E-state index contributed by atoms with van der Waals surface area (Å²) in [5.74, 6) is -5.93. The number of halogens is 3. The molecule has 9 nitrogen and oxygen atoms in total. The van der Waals surface area contributed by atoms with E-state index >= 15 is 0 Å². The van der Waals surface area contributed by atoms with Crippen LogP contribution in [0.2, 0.25) is 0 Å². The SMILES string of the molecule is Cc1cc([C@H]2C3=CC[C@@H]4C(=O)N(c5ccc(-c6nc7ccccc7o6)cc5)C(=O)[C@@H]4[C@@H]3C[C@@]3(Cl)C(=O)N(c4ccc(F)cc4)C(=O)[C@@]23Cl)cc(C)c1O. The maximum Gasteiger partial charge on any atom is 0.258 e. The van der Waals surface area contributed by atoms with Gasteiger partial charge in [0.2, 0.25) is 17.7 Å². The number of aryl methyl sites for hydroxylation is 2. The van der Waals surface area contributed by atoms with Gasteiger partial charge in [0.1, 0.15) is 17.1 Å². The molecular weight excluding hydrogens is 720 g/mol. The van der Waals surface area contributed by atoms with Crippen molar-refractivity contribution >= 4 is 69.3 Å². The number of phenols is 1. The molecule has 0 unspecified atom stereocenters. The van der Waals surface area contributed by atoms with Gasteiger partial charge in [-0.15, -0.1) is 23.2 Å². The van der Waals surface area contributed by atoms with Gasteiger partial charge in [-0.1, -0.05) is 35.9 Å². The average Bonchev–Trinajstić information content (AvgIpc) is 3.74. The van der Waals surface area contributed by atoms with Gasteiger partial charge in [0.25, 0.3) is 11.8 Å². The molecule has 0 radical (unpaired) electrons. The van der Waals surface area contributed by atoms with E-state index in [1.54, 1.807) is 50.2 Å². The quantitative estimate of drug-likeness (QED) is 0.113. The summed E-state index contributed by atoms with van der Waals surface area (Å²) in [7, 11) is 0. The van der Waals surface area contributed by atoms with Gasteiger partial charge in [-0.25, -0.2) is 14.3 Å². The van der Waals surface area contributed by atoms with E-state index in [9.17, 15) is 28.7 Å². The summed E-state index contributed by atoms with van der Waals surface area (Å²) in [5.41, 5.74) is 4.65. The van der Waals surface area contributed by atoms with Gasteiger partial charge < -0.3 is 9.52 Å². The summed E-state index contributed by atoms with van der Waals surface area (Å²) in [6, 6.07) is 22.5. The summed E-state index contributed by atoms with van der Waals surface area (Å²) in [4.78, 5) is 60.3. The molecule has 4 aromatic carbocycles. The van der Waals surface area contributed by atoms with Crippen molar-refractivity contribution in [3.05, 3.63) is 119 Å².